The summed E-state index contributed by atoms with van der Waals surface area (Å²) in [7, 11) is 7.56. The normalized spacial score (nSPS) is 14.4. The van der Waals surface area contributed by atoms with E-state index in [2.05, 4.69) is 11.9 Å². The summed E-state index contributed by atoms with van der Waals surface area (Å²) in [4.78, 5) is 18.4. The largest absolute Gasteiger partial charge is 0.508 e. The zero-order valence-electron chi connectivity index (χ0n) is 25.8. The molecule has 0 amide bonds. The molecule has 46 heavy (non-hydrogen) atoms. The molecule has 0 fully saturated rings. The zero-order chi connectivity index (χ0) is 32.4. The van der Waals surface area contributed by atoms with Crippen LogP contribution in [0.3, 0.4) is 0 Å². The van der Waals surface area contributed by atoms with Crippen molar-refractivity contribution < 1.29 is 15.0 Å². The van der Waals surface area contributed by atoms with Gasteiger partial charge in [0.15, 0.2) is 5.78 Å². The lowest BCUT2D eigenvalue weighted by Gasteiger charge is -2.34. The number of Topliss-reactive ketones (excluding diaryl/α,β-unsaturated/α-hetero) is 1. The summed E-state index contributed by atoms with van der Waals surface area (Å²) in [6.45, 7) is 0. The lowest BCUT2D eigenvalue weighted by molar-refractivity contribution is -0.115. The highest BCUT2D eigenvalue weighted by Gasteiger charge is 2.46. The van der Waals surface area contributed by atoms with E-state index in [0.29, 0.717) is 21.9 Å². The number of nitriles is 1. The Labute approximate surface area is 265 Å². The van der Waals surface area contributed by atoms with Gasteiger partial charge in [0.2, 0.25) is 0 Å². The molecule has 7 rings (SSSR count). The van der Waals surface area contributed by atoms with Crippen LogP contribution in [0.4, 0.5) is 11.4 Å². The fraction of sp³-hybridized carbons (Fsp3) is 0.128. The van der Waals surface area contributed by atoms with E-state index in [1.165, 1.54) is 0 Å². The molecule has 7 heteroatoms. The van der Waals surface area contributed by atoms with Gasteiger partial charge in [-0.15, -0.1) is 0 Å². The molecule has 1 unspecified atom stereocenters. The van der Waals surface area contributed by atoms with Gasteiger partial charge in [0, 0.05) is 84.7 Å². The van der Waals surface area contributed by atoms with Crippen LogP contribution >= 0.6 is 0 Å². The van der Waals surface area contributed by atoms with Crippen molar-refractivity contribution in [1.29, 1.82) is 10.7 Å². The summed E-state index contributed by atoms with van der Waals surface area (Å²) in [5.74, 6) is 0.628. The van der Waals surface area contributed by atoms with Crippen LogP contribution in [-0.4, -0.2) is 50.1 Å². The van der Waals surface area contributed by atoms with Crippen LogP contribution in [0.1, 0.15) is 17.0 Å². The van der Waals surface area contributed by atoms with Gasteiger partial charge in [-0.05, 0) is 62.5 Å². The summed E-state index contributed by atoms with van der Waals surface area (Å²) < 4.78 is 0. The number of fused-ring (bicyclic) bond motifs is 4. The van der Waals surface area contributed by atoms with Crippen molar-refractivity contribution in [3.8, 4) is 17.6 Å². The van der Waals surface area contributed by atoms with E-state index < -0.39 is 5.92 Å². The van der Waals surface area contributed by atoms with Gasteiger partial charge in [0.1, 0.15) is 23.1 Å². The lowest BCUT2D eigenvalue weighted by atomic mass is 9.65. The molecule has 1 aliphatic rings. The van der Waals surface area contributed by atoms with Crippen molar-refractivity contribution in [3.63, 3.8) is 0 Å². The summed E-state index contributed by atoms with van der Waals surface area (Å²) >= 11 is 0. The van der Waals surface area contributed by atoms with E-state index in [4.69, 9.17) is 5.41 Å². The predicted molar refractivity (Wildman–Crippen MR) is 186 cm³/mol. The molecule has 0 bridgehead atoms. The number of anilines is 2. The molecule has 1 atom stereocenters. The number of carbonyl (C=O) groups excluding carboxylic acids is 1. The topological polar surface area (TPSA) is 112 Å². The second-order valence-corrected chi connectivity index (χ2v) is 12.1. The van der Waals surface area contributed by atoms with Crippen molar-refractivity contribution in [2.24, 2.45) is 0 Å². The van der Waals surface area contributed by atoms with E-state index in [0.717, 1.165) is 43.7 Å². The fourth-order valence-corrected chi connectivity index (χ4v) is 6.91. The zero-order valence-corrected chi connectivity index (χ0v) is 25.8. The number of rotatable bonds is 5. The van der Waals surface area contributed by atoms with Gasteiger partial charge in [-0.2, -0.15) is 5.26 Å². The van der Waals surface area contributed by atoms with Crippen LogP contribution in [0.25, 0.3) is 48.7 Å². The Balaban J connectivity index is 1.59. The first-order valence-corrected chi connectivity index (χ1v) is 14.8. The third kappa shape index (κ3) is 4.12. The van der Waals surface area contributed by atoms with Crippen LogP contribution in [0.5, 0.6) is 11.5 Å². The van der Waals surface area contributed by atoms with Gasteiger partial charge in [-0.3, -0.25) is 10.2 Å². The molecule has 0 saturated carbocycles. The molecule has 7 nitrogen and oxygen atoms in total. The van der Waals surface area contributed by atoms with Crippen molar-refractivity contribution in [1.82, 2.24) is 0 Å². The number of phenols is 2. The van der Waals surface area contributed by atoms with Crippen LogP contribution in [0.15, 0.2) is 96.1 Å². The number of ketones is 1. The highest BCUT2D eigenvalue weighted by molar-refractivity contribution is 6.38. The Hall–Kier alpha value is -6.09. The van der Waals surface area contributed by atoms with Gasteiger partial charge in [-0.1, -0.05) is 48.5 Å². The molecule has 0 aromatic heterocycles. The fourth-order valence-electron chi connectivity index (χ4n) is 6.91. The van der Waals surface area contributed by atoms with E-state index in [1.807, 2.05) is 111 Å². The van der Waals surface area contributed by atoms with Gasteiger partial charge >= 0.3 is 0 Å². The van der Waals surface area contributed by atoms with Crippen molar-refractivity contribution >= 4 is 71.7 Å². The molecule has 3 N–H and O–H groups in total. The molecule has 224 valence electrons. The molecular weight excluding hydrogens is 572 g/mol. The van der Waals surface area contributed by atoms with E-state index >= 15 is 0 Å². The number of aromatic hydroxyl groups is 2. The Morgan fingerprint density at radius 2 is 1.17 bits per heavy atom. The molecule has 0 radical (unpaired) electrons. The lowest BCUT2D eigenvalue weighted by Crippen LogP contribution is -2.30. The minimum absolute atomic E-state index is 0.0910. The molecular formula is C39H30N4O3. The standard InChI is InChI=1S/C39H30N4O3/c1-42(2)30-17-32(44)35(28-15-23-11-7-5-9-21(23)13-26(28)30)37-34(25(19-40)20-41)38(39(37)46)36-29-16-24-12-8-6-10-22(24)14-27(29)31(43(3)4)18-33(36)45/h5-18,37,40,44-45H,1-4H3. The maximum absolute atomic E-state index is 14.6. The third-order valence-corrected chi connectivity index (χ3v) is 9.04. The second-order valence-electron chi connectivity index (χ2n) is 12.1. The molecule has 6 aromatic rings. The number of nitrogens with zero attached hydrogens (tertiary/aromatic N) is 3. The van der Waals surface area contributed by atoms with E-state index in [-0.39, 0.29) is 34.0 Å². The number of carbonyl (C=O) groups is 1. The number of allylic oxidation sites excluding steroid dienone is 3. The van der Waals surface area contributed by atoms with Crippen LogP contribution in [-0.2, 0) is 4.79 Å². The minimum atomic E-state index is -1.05. The van der Waals surface area contributed by atoms with E-state index in [9.17, 15) is 20.3 Å². The van der Waals surface area contributed by atoms with Crippen LogP contribution in [0.2, 0.25) is 0 Å². The third-order valence-electron chi connectivity index (χ3n) is 9.04. The summed E-state index contributed by atoms with van der Waals surface area (Å²) in [6.07, 6.45) is 0. The number of benzene rings is 6. The maximum Gasteiger partial charge on any atom is 0.176 e. The molecule has 0 saturated heterocycles. The van der Waals surface area contributed by atoms with Gasteiger partial charge in [-0.25, -0.2) is 0 Å². The first kappa shape index (κ1) is 28.7. The summed E-state index contributed by atoms with van der Waals surface area (Å²) in [5.41, 5.74) is 2.47. The maximum atomic E-state index is 14.6. The molecule has 0 spiro atoms. The van der Waals surface area contributed by atoms with Crippen molar-refractivity contribution in [2.75, 3.05) is 38.0 Å². The molecule has 0 heterocycles. The number of nitrogens with one attached hydrogen (secondary N) is 1. The Morgan fingerprint density at radius 3 is 1.65 bits per heavy atom. The van der Waals surface area contributed by atoms with E-state index in [1.54, 1.807) is 12.1 Å². The molecule has 6 aromatic carbocycles. The average Bonchev–Trinajstić information content (AvgIpc) is 3.05. The highest BCUT2D eigenvalue weighted by atomic mass is 16.3. The average molecular weight is 603 g/mol. The molecule has 0 aliphatic heterocycles. The van der Waals surface area contributed by atoms with Gasteiger partial charge in [0.05, 0.1) is 5.92 Å². The van der Waals surface area contributed by atoms with Gasteiger partial charge in [0.25, 0.3) is 0 Å². The number of phenolic OH excluding ortho intramolecular Hbond substituents is 2. The summed E-state index contributed by atoms with van der Waals surface area (Å²) in [5, 5.41) is 48.3. The van der Waals surface area contributed by atoms with Gasteiger partial charge < -0.3 is 20.0 Å². The number of hydrogen-bond acceptors (Lipinski definition) is 7. The first-order chi connectivity index (χ1) is 22.1. The van der Waals surface area contributed by atoms with Crippen molar-refractivity contribution in [2.45, 2.75) is 5.92 Å². The molecule has 1 aliphatic carbocycles. The SMILES string of the molecule is CN(C)c1cc(O)c(C2=C(C(=C=N)C#N)C(c3c(O)cc(N(C)C)c4cc5ccccc5cc34)C2=O)c2cc3ccccc3cc12. The van der Waals surface area contributed by atoms with Crippen LogP contribution < -0.4 is 9.80 Å². The number of hydrogen-bond donors (Lipinski definition) is 3. The Bertz CT molecular complexity index is 2440. The second kappa shape index (κ2) is 10.5. The monoisotopic (exact) mass is 602 g/mol. The summed E-state index contributed by atoms with van der Waals surface area (Å²) in [6, 6.07) is 29.1. The first-order valence-electron chi connectivity index (χ1n) is 14.8. The smallest absolute Gasteiger partial charge is 0.176 e. The minimum Gasteiger partial charge on any atom is -0.508 e. The highest BCUT2D eigenvalue weighted by Crippen LogP contribution is 2.55. The predicted octanol–water partition coefficient (Wildman–Crippen LogP) is 7.66. The quantitative estimate of drug-likeness (QED) is 0.106. The van der Waals surface area contributed by atoms with Crippen molar-refractivity contribution in [3.05, 3.63) is 107 Å². The van der Waals surface area contributed by atoms with Crippen LogP contribution in [0, 0.1) is 16.7 Å². The Morgan fingerprint density at radius 1 is 0.717 bits per heavy atom. The Kier molecular flexibility index (Phi) is 6.56.